The van der Waals surface area contributed by atoms with E-state index in [0.717, 1.165) is 27.3 Å². The van der Waals surface area contributed by atoms with Crippen LogP contribution in [0.15, 0.2) is 48.5 Å². The first kappa shape index (κ1) is 25.4. The van der Waals surface area contributed by atoms with E-state index in [1.807, 2.05) is 51.1 Å². The lowest BCUT2D eigenvalue weighted by molar-refractivity contribution is -0.140. The predicted octanol–water partition coefficient (Wildman–Crippen LogP) is 3.01. The number of sulfonamides is 1. The van der Waals surface area contributed by atoms with E-state index in [-0.39, 0.29) is 19.0 Å². The first-order valence-electron chi connectivity index (χ1n) is 10.7. The molecule has 7 nitrogen and oxygen atoms in total. The molecule has 174 valence electrons. The van der Waals surface area contributed by atoms with Gasteiger partial charge in [-0.1, -0.05) is 55.0 Å². The largest absolute Gasteiger partial charge is 0.355 e. The van der Waals surface area contributed by atoms with Crippen LogP contribution in [0, 0.1) is 13.8 Å². The number of benzene rings is 2. The zero-order chi connectivity index (χ0) is 23.9. The van der Waals surface area contributed by atoms with Gasteiger partial charge in [0.25, 0.3) is 0 Å². The quantitative estimate of drug-likeness (QED) is 0.592. The number of carbonyl (C=O) groups excluding carboxylic acids is 2. The van der Waals surface area contributed by atoms with Gasteiger partial charge in [-0.3, -0.25) is 13.9 Å². The Labute approximate surface area is 191 Å². The Morgan fingerprint density at radius 3 is 2.28 bits per heavy atom. The molecular formula is C24H33N3O4S. The lowest BCUT2D eigenvalue weighted by Gasteiger charge is -2.33. The highest BCUT2D eigenvalue weighted by atomic mass is 32.2. The van der Waals surface area contributed by atoms with Gasteiger partial charge in [-0.25, -0.2) is 8.42 Å². The van der Waals surface area contributed by atoms with Crippen molar-refractivity contribution in [2.24, 2.45) is 0 Å². The number of hydrogen-bond donors (Lipinski definition) is 1. The topological polar surface area (TPSA) is 86.8 Å². The van der Waals surface area contributed by atoms with E-state index in [1.54, 1.807) is 25.1 Å². The second-order valence-electron chi connectivity index (χ2n) is 7.89. The van der Waals surface area contributed by atoms with E-state index in [4.69, 9.17) is 0 Å². The highest BCUT2D eigenvalue weighted by molar-refractivity contribution is 7.92. The molecule has 0 unspecified atom stereocenters. The van der Waals surface area contributed by atoms with E-state index < -0.39 is 22.0 Å². The summed E-state index contributed by atoms with van der Waals surface area (Å²) >= 11 is 0. The van der Waals surface area contributed by atoms with Gasteiger partial charge in [-0.15, -0.1) is 0 Å². The molecule has 0 aromatic heterocycles. The third-order valence-corrected chi connectivity index (χ3v) is 6.36. The fraction of sp³-hybridized carbons (Fsp3) is 0.417. The molecule has 1 N–H and O–H groups in total. The van der Waals surface area contributed by atoms with Crippen molar-refractivity contribution in [1.82, 2.24) is 10.2 Å². The van der Waals surface area contributed by atoms with Crippen LogP contribution in [0.3, 0.4) is 0 Å². The van der Waals surface area contributed by atoms with Crippen LogP contribution in [-0.4, -0.2) is 50.5 Å². The van der Waals surface area contributed by atoms with Crippen LogP contribution in [-0.2, 0) is 26.2 Å². The fourth-order valence-electron chi connectivity index (χ4n) is 3.66. The van der Waals surface area contributed by atoms with Gasteiger partial charge in [0.2, 0.25) is 21.8 Å². The van der Waals surface area contributed by atoms with E-state index in [9.17, 15) is 18.0 Å². The molecule has 0 aliphatic carbocycles. The van der Waals surface area contributed by atoms with Gasteiger partial charge in [-0.2, -0.15) is 0 Å². The smallest absolute Gasteiger partial charge is 0.244 e. The summed E-state index contributed by atoms with van der Waals surface area (Å²) in [6, 6.07) is 14.0. The molecule has 0 heterocycles. The van der Waals surface area contributed by atoms with E-state index >= 15 is 0 Å². The lowest BCUT2D eigenvalue weighted by atomic mass is 10.1. The predicted molar refractivity (Wildman–Crippen MR) is 128 cm³/mol. The van der Waals surface area contributed by atoms with Crippen molar-refractivity contribution in [2.75, 3.05) is 23.7 Å². The molecule has 2 rings (SSSR count). The summed E-state index contributed by atoms with van der Waals surface area (Å²) < 4.78 is 26.3. The number of nitrogens with zero attached hydrogens (tertiary/aromatic N) is 2. The average molecular weight is 460 g/mol. The third kappa shape index (κ3) is 6.56. The summed E-state index contributed by atoms with van der Waals surface area (Å²) in [6.07, 6.45) is 1.49. The van der Waals surface area contributed by atoms with Crippen molar-refractivity contribution >= 4 is 27.5 Å². The molecule has 0 bridgehead atoms. The first-order valence-corrected chi connectivity index (χ1v) is 12.6. The van der Waals surface area contributed by atoms with Crippen molar-refractivity contribution in [3.8, 4) is 0 Å². The summed E-state index contributed by atoms with van der Waals surface area (Å²) in [5, 5.41) is 2.79. The summed E-state index contributed by atoms with van der Waals surface area (Å²) in [7, 11) is -3.73. The SMILES string of the molecule is CCNC(=O)[C@@H](CC)N(Cc1cccc(C)c1)C(=O)CN(c1ccccc1C)S(C)(=O)=O. The lowest BCUT2D eigenvalue weighted by Crippen LogP contribution is -2.52. The van der Waals surface area contributed by atoms with Crippen molar-refractivity contribution in [2.45, 2.75) is 46.7 Å². The third-order valence-electron chi connectivity index (χ3n) is 5.24. The first-order chi connectivity index (χ1) is 15.1. The fourth-order valence-corrected chi connectivity index (χ4v) is 4.56. The summed E-state index contributed by atoms with van der Waals surface area (Å²) in [6.45, 7) is 7.69. The van der Waals surface area contributed by atoms with Gasteiger partial charge < -0.3 is 10.2 Å². The molecule has 1 atom stereocenters. The molecule has 0 saturated heterocycles. The average Bonchev–Trinajstić information content (AvgIpc) is 2.72. The number of carbonyl (C=O) groups is 2. The van der Waals surface area contributed by atoms with Gasteiger partial charge in [0, 0.05) is 13.1 Å². The number of nitrogens with one attached hydrogen (secondary N) is 1. The zero-order valence-corrected chi connectivity index (χ0v) is 20.3. The molecule has 0 radical (unpaired) electrons. The number of likely N-dealkylation sites (N-methyl/N-ethyl adjacent to an activating group) is 1. The molecule has 2 aromatic carbocycles. The summed E-state index contributed by atoms with van der Waals surface area (Å²) in [5.74, 6) is -0.684. The maximum Gasteiger partial charge on any atom is 0.244 e. The van der Waals surface area contributed by atoms with Gasteiger partial charge in [0.1, 0.15) is 12.6 Å². The van der Waals surface area contributed by atoms with Crippen molar-refractivity contribution in [3.05, 3.63) is 65.2 Å². The summed E-state index contributed by atoms with van der Waals surface area (Å²) in [4.78, 5) is 27.8. The highest BCUT2D eigenvalue weighted by Crippen LogP contribution is 2.23. The Kier molecular flexibility index (Phi) is 8.83. The van der Waals surface area contributed by atoms with Gasteiger partial charge in [0.05, 0.1) is 11.9 Å². The van der Waals surface area contributed by atoms with E-state index in [0.29, 0.717) is 18.7 Å². The summed E-state index contributed by atoms with van der Waals surface area (Å²) in [5.41, 5.74) is 3.11. The standard InChI is InChI=1S/C24H33N3O4S/c1-6-21(24(29)25-7-2)26(16-20-13-10-11-18(3)15-20)23(28)17-27(32(5,30)31)22-14-9-8-12-19(22)4/h8-15,21H,6-7,16-17H2,1-5H3,(H,25,29)/t21-/m1/s1. The maximum atomic E-state index is 13.5. The van der Waals surface area contributed by atoms with Crippen LogP contribution in [0.2, 0.25) is 0 Å². The van der Waals surface area contributed by atoms with Crippen LogP contribution < -0.4 is 9.62 Å². The molecule has 2 aromatic rings. The minimum absolute atomic E-state index is 0.210. The minimum Gasteiger partial charge on any atom is -0.355 e. The molecule has 0 aliphatic heterocycles. The van der Waals surface area contributed by atoms with Crippen LogP contribution in [0.25, 0.3) is 0 Å². The Morgan fingerprint density at radius 1 is 1.03 bits per heavy atom. The Bertz CT molecular complexity index is 1050. The van der Waals surface area contributed by atoms with Crippen molar-refractivity contribution in [3.63, 3.8) is 0 Å². The molecule has 8 heteroatoms. The van der Waals surface area contributed by atoms with Gasteiger partial charge >= 0.3 is 0 Å². The van der Waals surface area contributed by atoms with Gasteiger partial charge in [-0.05, 0) is 44.4 Å². The Hall–Kier alpha value is -2.87. The molecule has 32 heavy (non-hydrogen) atoms. The number of hydrogen-bond acceptors (Lipinski definition) is 4. The van der Waals surface area contributed by atoms with Crippen LogP contribution in [0.5, 0.6) is 0 Å². The normalized spacial score (nSPS) is 12.2. The number of aryl methyl sites for hydroxylation is 2. The van der Waals surface area contributed by atoms with E-state index in [1.165, 1.54) is 4.90 Å². The molecule has 0 aliphatic rings. The number of amides is 2. The number of rotatable bonds is 10. The van der Waals surface area contributed by atoms with Crippen molar-refractivity contribution < 1.29 is 18.0 Å². The molecule has 0 fully saturated rings. The Balaban J connectivity index is 2.45. The van der Waals surface area contributed by atoms with Crippen LogP contribution >= 0.6 is 0 Å². The highest BCUT2D eigenvalue weighted by Gasteiger charge is 2.31. The number of anilines is 1. The van der Waals surface area contributed by atoms with Crippen LogP contribution in [0.1, 0.15) is 37.0 Å². The monoisotopic (exact) mass is 459 g/mol. The second-order valence-corrected chi connectivity index (χ2v) is 9.79. The molecule has 0 spiro atoms. The maximum absolute atomic E-state index is 13.5. The zero-order valence-electron chi connectivity index (χ0n) is 19.5. The number of para-hydroxylation sites is 1. The minimum atomic E-state index is -3.73. The van der Waals surface area contributed by atoms with Crippen molar-refractivity contribution in [1.29, 1.82) is 0 Å². The second kappa shape index (κ2) is 11.1. The Morgan fingerprint density at radius 2 is 1.72 bits per heavy atom. The van der Waals surface area contributed by atoms with E-state index in [2.05, 4.69) is 5.32 Å². The van der Waals surface area contributed by atoms with Gasteiger partial charge in [0.15, 0.2) is 0 Å². The van der Waals surface area contributed by atoms with Crippen LogP contribution in [0.4, 0.5) is 5.69 Å². The molecule has 2 amide bonds. The molecular weight excluding hydrogens is 426 g/mol. The molecule has 0 saturated carbocycles.